The molecule has 0 aromatic carbocycles. The van der Waals surface area contributed by atoms with Crippen LogP contribution in [0.25, 0.3) is 0 Å². The summed E-state index contributed by atoms with van der Waals surface area (Å²) >= 11 is 0. The Bertz CT molecular complexity index is 457. The van der Waals surface area contributed by atoms with Gasteiger partial charge in [0.05, 0.1) is 5.44 Å². The van der Waals surface area contributed by atoms with E-state index in [1.165, 1.54) is 0 Å². The Labute approximate surface area is 115 Å². The summed E-state index contributed by atoms with van der Waals surface area (Å²) in [5, 5.41) is 1.98. The molecule has 1 aromatic heterocycles. The molecule has 1 aliphatic heterocycles. The van der Waals surface area contributed by atoms with Crippen LogP contribution in [-0.4, -0.2) is 22.4 Å². The average Bonchev–Trinajstić information content (AvgIpc) is 2.38. The third-order valence-electron chi connectivity index (χ3n) is 2.75. The Balaban J connectivity index is 2.38. The van der Waals surface area contributed by atoms with Crippen molar-refractivity contribution in [3.63, 3.8) is 0 Å². The van der Waals surface area contributed by atoms with E-state index in [1.807, 2.05) is 11.1 Å². The van der Waals surface area contributed by atoms with Gasteiger partial charge in [0.1, 0.15) is 0 Å². The lowest BCUT2D eigenvalue weighted by Gasteiger charge is -2.30. The molecule has 8 heteroatoms. The van der Waals surface area contributed by atoms with Crippen LogP contribution in [0.15, 0.2) is 12.3 Å². The highest BCUT2D eigenvalue weighted by Crippen LogP contribution is 2.64. The quantitative estimate of drug-likeness (QED) is 0.866. The van der Waals surface area contributed by atoms with E-state index >= 15 is 0 Å². The van der Waals surface area contributed by atoms with Crippen molar-refractivity contribution in [2.75, 3.05) is 6.54 Å². The molecule has 1 aromatic rings. The zero-order chi connectivity index (χ0) is 13.1. The number of hydrogen-bond donors (Lipinski definition) is 1. The lowest BCUT2D eigenvalue weighted by atomic mass is 10.1. The molecule has 4 nitrogen and oxygen atoms in total. The number of hydrogen-bond acceptors (Lipinski definition) is 3. The number of aromatic nitrogens is 1. The van der Waals surface area contributed by atoms with Crippen molar-refractivity contribution in [3.05, 3.63) is 23.4 Å². The maximum Gasteiger partial charge on any atom is 0.266 e. The van der Waals surface area contributed by atoms with Crippen molar-refractivity contribution >= 4 is 44.5 Å². The second-order valence-electron chi connectivity index (χ2n) is 4.02. The molecule has 0 fully saturated rings. The van der Waals surface area contributed by atoms with Crippen molar-refractivity contribution in [1.82, 2.24) is 15.4 Å². The van der Waals surface area contributed by atoms with Gasteiger partial charge in [0.25, 0.3) is 5.91 Å². The van der Waals surface area contributed by atoms with Crippen LogP contribution < -0.4 is 10.9 Å². The molecule has 0 radical (unpaired) electrons. The number of carbonyl (C=O) groups excluding carboxylic acids is 1. The Morgan fingerprint density at radius 3 is 3.11 bits per heavy atom. The molecule has 4 unspecified atom stereocenters. The standard InChI is InChI=1S/C10H17N3OP4/c1-2-5-13-6-8-7(9(14)12-13)3-4-11-10(8)18(16)17-15/h3-4,17H,2,5-6,15-16H2,1H3,(H,12,14). The van der Waals surface area contributed by atoms with Crippen LogP contribution in [0.5, 0.6) is 0 Å². The fourth-order valence-electron chi connectivity index (χ4n) is 1.96. The fourth-order valence-corrected chi connectivity index (χ4v) is 5.47. The first kappa shape index (κ1) is 14.7. The van der Waals surface area contributed by atoms with E-state index in [2.05, 4.69) is 35.2 Å². The predicted octanol–water partition coefficient (Wildman–Crippen LogP) is 2.23. The maximum atomic E-state index is 12.1. The number of amides is 1. The van der Waals surface area contributed by atoms with E-state index in [-0.39, 0.29) is 13.2 Å². The van der Waals surface area contributed by atoms with Crippen LogP contribution in [0.1, 0.15) is 29.3 Å². The Kier molecular flexibility index (Phi) is 5.43. The van der Waals surface area contributed by atoms with Gasteiger partial charge in [0, 0.05) is 30.4 Å². The maximum absolute atomic E-state index is 12.1. The Hall–Kier alpha value is 0.300. The Morgan fingerprint density at radius 1 is 1.67 bits per heavy atom. The summed E-state index contributed by atoms with van der Waals surface area (Å²) in [7, 11) is 6.05. The molecule has 1 N–H and O–H groups in total. The van der Waals surface area contributed by atoms with Crippen molar-refractivity contribution in [1.29, 1.82) is 0 Å². The number of rotatable bonds is 4. The van der Waals surface area contributed by atoms with Gasteiger partial charge in [-0.2, -0.15) is 0 Å². The van der Waals surface area contributed by atoms with Gasteiger partial charge in [-0.15, -0.1) is 17.9 Å². The fraction of sp³-hybridized carbons (Fsp3) is 0.400. The van der Waals surface area contributed by atoms with Crippen molar-refractivity contribution in [2.24, 2.45) is 0 Å². The van der Waals surface area contributed by atoms with Crippen LogP contribution in [-0.2, 0) is 6.54 Å². The molecule has 1 amide bonds. The van der Waals surface area contributed by atoms with Crippen LogP contribution in [0.4, 0.5) is 0 Å². The number of nitrogens with one attached hydrogen (secondary N) is 1. The van der Waals surface area contributed by atoms with Crippen molar-refractivity contribution in [2.45, 2.75) is 19.9 Å². The largest absolute Gasteiger partial charge is 0.284 e. The van der Waals surface area contributed by atoms with Gasteiger partial charge in [0.15, 0.2) is 0 Å². The van der Waals surface area contributed by atoms with Gasteiger partial charge in [-0.25, -0.2) is 5.01 Å². The Morgan fingerprint density at radius 2 is 2.44 bits per heavy atom. The second-order valence-corrected chi connectivity index (χ2v) is 13.1. The minimum Gasteiger partial charge on any atom is -0.284 e. The van der Waals surface area contributed by atoms with Crippen LogP contribution in [0, 0.1) is 0 Å². The topological polar surface area (TPSA) is 45.2 Å². The van der Waals surface area contributed by atoms with Crippen LogP contribution in [0.2, 0.25) is 0 Å². The van der Waals surface area contributed by atoms with Gasteiger partial charge < -0.3 is 0 Å². The SMILES string of the molecule is CCCN1Cc2c(ccnc2P(P)PP)C(=O)N1. The van der Waals surface area contributed by atoms with E-state index in [1.54, 1.807) is 6.20 Å². The molecular formula is C10H17N3OP4. The summed E-state index contributed by atoms with van der Waals surface area (Å²) in [5.41, 5.74) is 5.90. The van der Waals surface area contributed by atoms with Crippen molar-refractivity contribution in [3.8, 4) is 0 Å². The molecule has 2 heterocycles. The minimum atomic E-state index is -0.346. The van der Waals surface area contributed by atoms with Gasteiger partial charge in [-0.3, -0.25) is 15.2 Å². The zero-order valence-corrected chi connectivity index (χ0v) is 14.4. The van der Waals surface area contributed by atoms with Gasteiger partial charge in [-0.1, -0.05) is 14.9 Å². The smallest absolute Gasteiger partial charge is 0.266 e. The first-order valence-electron chi connectivity index (χ1n) is 5.72. The molecule has 98 valence electrons. The summed E-state index contributed by atoms with van der Waals surface area (Å²) in [6.07, 6.45) is 2.76. The van der Waals surface area contributed by atoms with E-state index in [4.69, 9.17) is 0 Å². The highest BCUT2D eigenvalue weighted by Gasteiger charge is 2.26. The van der Waals surface area contributed by atoms with Gasteiger partial charge in [0.2, 0.25) is 0 Å². The van der Waals surface area contributed by atoms with Gasteiger partial charge >= 0.3 is 0 Å². The summed E-state index contributed by atoms with van der Waals surface area (Å²) in [5.74, 6) is -0.00570. The molecule has 1 aliphatic rings. The van der Waals surface area contributed by atoms with E-state index in [0.717, 1.165) is 44.0 Å². The number of fused-ring (bicyclic) bond motifs is 1. The molecule has 2 rings (SSSR count). The molecule has 0 aliphatic carbocycles. The summed E-state index contributed by atoms with van der Waals surface area (Å²) < 4.78 is 0. The normalized spacial score (nSPS) is 17.8. The first-order valence-corrected chi connectivity index (χ1v) is 12.3. The number of pyridine rings is 1. The lowest BCUT2D eigenvalue weighted by Crippen LogP contribution is -2.47. The summed E-state index contributed by atoms with van der Waals surface area (Å²) in [6, 6.07) is 1.82. The number of hydrazine groups is 1. The third-order valence-corrected chi connectivity index (χ3v) is 12.6. The average molecular weight is 319 g/mol. The van der Waals surface area contributed by atoms with Crippen LogP contribution >= 0.6 is 33.1 Å². The lowest BCUT2D eigenvalue weighted by molar-refractivity contribution is 0.0735. The molecule has 4 atom stereocenters. The number of nitrogens with zero attached hydrogens (tertiary/aromatic N) is 2. The minimum absolute atomic E-state index is 0.00570. The van der Waals surface area contributed by atoms with E-state index < -0.39 is 0 Å². The zero-order valence-electron chi connectivity index (χ0n) is 10.2. The van der Waals surface area contributed by atoms with Crippen molar-refractivity contribution < 1.29 is 4.79 Å². The van der Waals surface area contributed by atoms with Gasteiger partial charge in [-0.05, 0) is 19.8 Å². The number of carbonyl (C=O) groups is 1. The molecule has 0 bridgehead atoms. The summed E-state index contributed by atoms with van der Waals surface area (Å²) in [4.78, 5) is 16.5. The third kappa shape index (κ3) is 3.06. The predicted molar refractivity (Wildman–Crippen MR) is 86.7 cm³/mol. The monoisotopic (exact) mass is 319 g/mol. The summed E-state index contributed by atoms with van der Waals surface area (Å²) in [6.45, 7) is 3.75. The molecule has 0 saturated carbocycles. The molecule has 0 spiro atoms. The molecule has 18 heavy (non-hydrogen) atoms. The highest BCUT2D eigenvalue weighted by atomic mass is 32.6. The highest BCUT2D eigenvalue weighted by molar-refractivity contribution is 8.63. The first-order chi connectivity index (χ1) is 8.67. The molecular weight excluding hydrogens is 302 g/mol. The second kappa shape index (κ2) is 6.65. The van der Waals surface area contributed by atoms with Crippen LogP contribution in [0.3, 0.4) is 0 Å². The van der Waals surface area contributed by atoms with E-state index in [0.29, 0.717) is 0 Å². The van der Waals surface area contributed by atoms with E-state index in [9.17, 15) is 4.79 Å². The molecule has 0 saturated heterocycles.